The highest BCUT2D eigenvalue weighted by atomic mass is 15.1. The van der Waals surface area contributed by atoms with Crippen molar-refractivity contribution in [3.63, 3.8) is 0 Å². The van der Waals surface area contributed by atoms with E-state index in [2.05, 4.69) is 19.9 Å². The van der Waals surface area contributed by atoms with Crippen LogP contribution in [-0.2, 0) is 0 Å². The molecule has 3 N–H and O–H groups in total. The molecule has 0 amide bonds. The van der Waals surface area contributed by atoms with Crippen LogP contribution in [0.4, 0.5) is 5.82 Å². The van der Waals surface area contributed by atoms with E-state index in [1.54, 1.807) is 0 Å². The van der Waals surface area contributed by atoms with Crippen molar-refractivity contribution in [2.45, 2.75) is 18.8 Å². The van der Waals surface area contributed by atoms with Crippen molar-refractivity contribution in [2.24, 2.45) is 0 Å². The monoisotopic (exact) mass is 175 g/mol. The molecule has 13 heavy (non-hydrogen) atoms. The summed E-state index contributed by atoms with van der Waals surface area (Å²) in [6.45, 7) is 0. The van der Waals surface area contributed by atoms with Crippen molar-refractivity contribution in [3.05, 3.63) is 12.2 Å². The summed E-state index contributed by atoms with van der Waals surface area (Å²) in [5.41, 5.74) is 7.11. The molecule has 2 heterocycles. The molecular formula is C8H9N5. The molecule has 2 aromatic rings. The Morgan fingerprint density at radius 3 is 2.92 bits per heavy atom. The molecule has 5 heteroatoms. The van der Waals surface area contributed by atoms with Gasteiger partial charge in [-0.05, 0) is 12.8 Å². The average molecular weight is 175 g/mol. The molecule has 1 fully saturated rings. The molecule has 0 saturated heterocycles. The number of rotatable bonds is 1. The summed E-state index contributed by atoms with van der Waals surface area (Å²) in [7, 11) is 0. The molecule has 1 aliphatic carbocycles. The number of aromatic nitrogens is 4. The van der Waals surface area contributed by atoms with Crippen LogP contribution in [0.25, 0.3) is 11.2 Å². The summed E-state index contributed by atoms with van der Waals surface area (Å²) in [4.78, 5) is 15.4. The Balaban J connectivity index is 2.26. The lowest BCUT2D eigenvalue weighted by atomic mass is 10.4. The molecule has 66 valence electrons. The number of aromatic amines is 1. The van der Waals surface area contributed by atoms with E-state index in [-0.39, 0.29) is 0 Å². The van der Waals surface area contributed by atoms with Crippen LogP contribution >= 0.6 is 0 Å². The Hall–Kier alpha value is -1.65. The topological polar surface area (TPSA) is 80.5 Å². The summed E-state index contributed by atoms with van der Waals surface area (Å²) in [6.07, 6.45) is 3.87. The van der Waals surface area contributed by atoms with E-state index in [9.17, 15) is 0 Å². The first-order valence-electron chi connectivity index (χ1n) is 4.30. The molecule has 0 spiro atoms. The van der Waals surface area contributed by atoms with Gasteiger partial charge >= 0.3 is 0 Å². The minimum atomic E-state index is 0.476. The number of nitrogens with two attached hydrogens (primary N) is 1. The van der Waals surface area contributed by atoms with Gasteiger partial charge in [-0.2, -0.15) is 0 Å². The van der Waals surface area contributed by atoms with Gasteiger partial charge in [0.25, 0.3) is 0 Å². The second-order valence-corrected chi connectivity index (χ2v) is 3.35. The number of H-pyrrole nitrogens is 1. The summed E-state index contributed by atoms with van der Waals surface area (Å²) in [6, 6.07) is 0. The number of fused-ring (bicyclic) bond motifs is 1. The predicted octanol–water partition coefficient (Wildman–Crippen LogP) is 0.812. The van der Waals surface area contributed by atoms with Gasteiger partial charge < -0.3 is 10.7 Å². The summed E-state index contributed by atoms with van der Waals surface area (Å²) in [5, 5.41) is 0. The molecule has 0 atom stereocenters. The highest BCUT2D eigenvalue weighted by Crippen LogP contribution is 2.39. The van der Waals surface area contributed by atoms with Crippen LogP contribution in [0.2, 0.25) is 0 Å². The molecule has 2 aromatic heterocycles. The number of hydrogen-bond acceptors (Lipinski definition) is 4. The molecule has 0 unspecified atom stereocenters. The summed E-state index contributed by atoms with van der Waals surface area (Å²) in [5.74, 6) is 2.07. The van der Waals surface area contributed by atoms with Crippen LogP contribution in [0.3, 0.4) is 0 Å². The van der Waals surface area contributed by atoms with Crippen molar-refractivity contribution in [1.82, 2.24) is 19.9 Å². The lowest BCUT2D eigenvalue weighted by molar-refractivity contribution is 0.984. The van der Waals surface area contributed by atoms with Gasteiger partial charge in [0.1, 0.15) is 17.7 Å². The van der Waals surface area contributed by atoms with Crippen LogP contribution in [0.15, 0.2) is 6.33 Å². The Bertz CT molecular complexity index is 457. The number of nitrogen functional groups attached to an aromatic ring is 1. The first-order valence-corrected chi connectivity index (χ1v) is 4.30. The van der Waals surface area contributed by atoms with Gasteiger partial charge in [0.2, 0.25) is 0 Å². The van der Waals surface area contributed by atoms with Gasteiger partial charge in [0.05, 0.1) is 0 Å². The van der Waals surface area contributed by atoms with E-state index >= 15 is 0 Å². The second kappa shape index (κ2) is 2.18. The minimum absolute atomic E-state index is 0.476. The molecule has 5 nitrogen and oxygen atoms in total. The largest absolute Gasteiger partial charge is 0.382 e. The van der Waals surface area contributed by atoms with Crippen LogP contribution in [0.5, 0.6) is 0 Å². The van der Waals surface area contributed by atoms with Crippen LogP contribution in [0, 0.1) is 0 Å². The van der Waals surface area contributed by atoms with Crippen molar-refractivity contribution >= 4 is 17.0 Å². The lowest BCUT2D eigenvalue weighted by Gasteiger charge is -1.89. The van der Waals surface area contributed by atoms with Gasteiger partial charge in [0, 0.05) is 5.92 Å². The number of anilines is 1. The molecule has 0 aromatic carbocycles. The molecule has 3 rings (SSSR count). The van der Waals surface area contributed by atoms with Crippen molar-refractivity contribution in [3.8, 4) is 0 Å². The first kappa shape index (κ1) is 6.82. The van der Waals surface area contributed by atoms with Crippen molar-refractivity contribution in [2.75, 3.05) is 5.73 Å². The number of nitrogens with zero attached hydrogens (tertiary/aromatic N) is 3. The van der Waals surface area contributed by atoms with E-state index in [1.165, 1.54) is 19.2 Å². The fourth-order valence-electron chi connectivity index (χ4n) is 1.41. The molecule has 1 saturated carbocycles. The Morgan fingerprint density at radius 1 is 1.38 bits per heavy atom. The van der Waals surface area contributed by atoms with Crippen LogP contribution in [0.1, 0.15) is 24.6 Å². The van der Waals surface area contributed by atoms with Crippen LogP contribution in [-0.4, -0.2) is 19.9 Å². The van der Waals surface area contributed by atoms with E-state index in [0.29, 0.717) is 17.4 Å². The zero-order valence-corrected chi connectivity index (χ0v) is 6.99. The summed E-state index contributed by atoms with van der Waals surface area (Å²) >= 11 is 0. The lowest BCUT2D eigenvalue weighted by Crippen LogP contribution is -1.91. The van der Waals surface area contributed by atoms with Gasteiger partial charge in [-0.25, -0.2) is 15.0 Å². The highest BCUT2D eigenvalue weighted by molar-refractivity contribution is 5.81. The average Bonchev–Trinajstić information content (AvgIpc) is 2.87. The molecule has 0 bridgehead atoms. The van der Waals surface area contributed by atoms with Gasteiger partial charge in [0.15, 0.2) is 11.5 Å². The van der Waals surface area contributed by atoms with Crippen molar-refractivity contribution in [1.29, 1.82) is 0 Å². The zero-order chi connectivity index (χ0) is 8.84. The molecule has 0 radical (unpaired) electrons. The van der Waals surface area contributed by atoms with Gasteiger partial charge in [-0.1, -0.05) is 0 Å². The third-order valence-electron chi connectivity index (χ3n) is 2.30. The van der Waals surface area contributed by atoms with Gasteiger partial charge in [-0.3, -0.25) is 0 Å². The smallest absolute Gasteiger partial charge is 0.183 e. The quantitative estimate of drug-likeness (QED) is 0.672. The maximum atomic E-state index is 5.67. The maximum absolute atomic E-state index is 5.67. The fraction of sp³-hybridized carbons (Fsp3) is 0.375. The van der Waals surface area contributed by atoms with Crippen LogP contribution < -0.4 is 5.73 Å². The third-order valence-corrected chi connectivity index (χ3v) is 2.30. The first-order chi connectivity index (χ1) is 6.34. The predicted molar refractivity (Wildman–Crippen MR) is 48.1 cm³/mol. The highest BCUT2D eigenvalue weighted by Gasteiger charge is 2.27. The standard InChI is InChI=1S/C8H9N5/c9-6-5-8(11-3-10-6)13-7(12-5)4-1-2-4/h3-4H,1-2H2,(H3,9,10,11,12,13). The molecular weight excluding hydrogens is 166 g/mol. The minimum Gasteiger partial charge on any atom is -0.382 e. The van der Waals surface area contributed by atoms with E-state index in [4.69, 9.17) is 5.73 Å². The van der Waals surface area contributed by atoms with Gasteiger partial charge in [-0.15, -0.1) is 0 Å². The molecule has 0 aliphatic heterocycles. The summed E-state index contributed by atoms with van der Waals surface area (Å²) < 4.78 is 0. The number of nitrogens with one attached hydrogen (secondary N) is 1. The number of hydrogen-bond donors (Lipinski definition) is 2. The fourth-order valence-corrected chi connectivity index (χ4v) is 1.41. The SMILES string of the molecule is Nc1ncnc2nc(C3CC3)[nH]c12. The van der Waals surface area contributed by atoms with E-state index in [0.717, 1.165) is 11.3 Å². The second-order valence-electron chi connectivity index (χ2n) is 3.35. The van der Waals surface area contributed by atoms with Crippen molar-refractivity contribution < 1.29 is 0 Å². The zero-order valence-electron chi connectivity index (χ0n) is 6.99. The van der Waals surface area contributed by atoms with E-state index < -0.39 is 0 Å². The maximum Gasteiger partial charge on any atom is 0.183 e. The Labute approximate surface area is 74.4 Å². The normalized spacial score (nSPS) is 16.6. The molecule has 1 aliphatic rings. The van der Waals surface area contributed by atoms with E-state index in [1.807, 2.05) is 0 Å². The Morgan fingerprint density at radius 2 is 2.23 bits per heavy atom. The Kier molecular flexibility index (Phi) is 1.15. The third kappa shape index (κ3) is 0.965. The number of imidazole rings is 1.